The second-order valence-corrected chi connectivity index (χ2v) is 32.3. The molecule has 0 amide bonds. The molecule has 19 heteroatoms. The van der Waals surface area contributed by atoms with Gasteiger partial charge in [-0.05, 0) is 37.5 Å². The van der Waals surface area contributed by atoms with E-state index in [1.54, 1.807) is 0 Å². The highest BCUT2D eigenvalue weighted by Gasteiger charge is 2.30. The zero-order chi connectivity index (χ0) is 72.1. The molecule has 0 saturated heterocycles. The normalized spacial score (nSPS) is 13.9. The highest BCUT2D eigenvalue weighted by Crippen LogP contribution is 2.45. The molecule has 0 aromatic carbocycles. The van der Waals surface area contributed by atoms with Crippen LogP contribution < -0.4 is 0 Å². The summed E-state index contributed by atoms with van der Waals surface area (Å²) in [7, 11) is -9.92. The molecule has 0 rings (SSSR count). The number of carbonyl (C=O) groups excluding carboxylic acids is 4. The van der Waals surface area contributed by atoms with Crippen LogP contribution in [0.5, 0.6) is 0 Å². The maximum absolute atomic E-state index is 13.1. The first-order chi connectivity index (χ1) is 47.4. The lowest BCUT2D eigenvalue weighted by Crippen LogP contribution is -2.30. The third-order valence-corrected chi connectivity index (χ3v) is 20.4. The van der Waals surface area contributed by atoms with E-state index in [4.69, 9.17) is 37.0 Å². The van der Waals surface area contributed by atoms with Crippen molar-refractivity contribution in [2.24, 2.45) is 11.8 Å². The highest BCUT2D eigenvalue weighted by atomic mass is 31.2. The zero-order valence-electron chi connectivity index (χ0n) is 64.1. The number of esters is 4. The number of aliphatic hydroxyl groups is 1. The van der Waals surface area contributed by atoms with E-state index >= 15 is 0 Å². The van der Waals surface area contributed by atoms with Crippen molar-refractivity contribution in [2.75, 3.05) is 39.6 Å². The van der Waals surface area contributed by atoms with Gasteiger partial charge in [0.25, 0.3) is 0 Å². The lowest BCUT2D eigenvalue weighted by Gasteiger charge is -2.21. The number of hydrogen-bond acceptors (Lipinski definition) is 15. The minimum Gasteiger partial charge on any atom is -0.462 e. The Hall–Kier alpha value is -1.94. The van der Waals surface area contributed by atoms with Crippen molar-refractivity contribution in [1.82, 2.24) is 0 Å². The number of carbonyl (C=O) groups is 4. The van der Waals surface area contributed by atoms with Crippen LogP contribution in [0.4, 0.5) is 0 Å². The number of hydrogen-bond donors (Lipinski definition) is 3. The van der Waals surface area contributed by atoms with Crippen LogP contribution in [0.25, 0.3) is 0 Å². The van der Waals surface area contributed by atoms with E-state index in [0.29, 0.717) is 25.7 Å². The Labute approximate surface area is 600 Å². The summed E-state index contributed by atoms with van der Waals surface area (Å²) >= 11 is 0. The van der Waals surface area contributed by atoms with E-state index in [2.05, 4.69) is 41.5 Å². The molecule has 5 atom stereocenters. The predicted octanol–water partition coefficient (Wildman–Crippen LogP) is 23.5. The van der Waals surface area contributed by atoms with Crippen LogP contribution in [0, 0.1) is 11.8 Å². The smallest absolute Gasteiger partial charge is 0.462 e. The van der Waals surface area contributed by atoms with Crippen LogP contribution in [0.15, 0.2) is 0 Å². The summed E-state index contributed by atoms with van der Waals surface area (Å²) in [6.07, 6.45) is 59.7. The third kappa shape index (κ3) is 72.4. The van der Waals surface area contributed by atoms with E-state index in [1.807, 2.05) is 0 Å². The van der Waals surface area contributed by atoms with Gasteiger partial charge in [-0.2, -0.15) is 0 Å². The SMILES string of the molecule is CCCCCCCCCCCCCCCCCCCCCC(=O)O[C@H](COC(=O)CCCCCCCCCCCCCCCCCC)COP(=O)(O)OC[C@@H](O)COP(=O)(O)OC[C@@H](COC(=O)CCCCCCCCCCC(C)C)OC(=O)CCCCCCCCCCCC(C)C. The molecule has 0 aliphatic carbocycles. The van der Waals surface area contributed by atoms with Gasteiger partial charge < -0.3 is 33.8 Å². The van der Waals surface area contributed by atoms with Gasteiger partial charge in [-0.15, -0.1) is 0 Å². The topological polar surface area (TPSA) is 237 Å². The van der Waals surface area contributed by atoms with E-state index < -0.39 is 97.5 Å². The predicted molar refractivity (Wildman–Crippen MR) is 400 cm³/mol. The number of aliphatic hydroxyl groups excluding tert-OH is 1. The molecule has 3 N–H and O–H groups in total. The average Bonchev–Trinajstić information content (AvgIpc) is 1.13. The largest absolute Gasteiger partial charge is 0.472 e. The summed E-state index contributed by atoms with van der Waals surface area (Å²) in [4.78, 5) is 72.9. The number of rotatable bonds is 78. The molecule has 2 unspecified atom stereocenters. The summed E-state index contributed by atoms with van der Waals surface area (Å²) in [5.74, 6) is -0.650. The van der Waals surface area contributed by atoms with E-state index in [9.17, 15) is 43.2 Å². The van der Waals surface area contributed by atoms with Crippen LogP contribution in [-0.2, 0) is 65.4 Å². The molecular formula is C79H154O17P2. The molecule has 0 fully saturated rings. The summed E-state index contributed by atoms with van der Waals surface area (Å²) in [5, 5.41) is 10.6. The Balaban J connectivity index is 5.24. The lowest BCUT2D eigenvalue weighted by atomic mass is 10.0. The molecule has 0 saturated carbocycles. The standard InChI is InChI=1S/C79H154O17P2/c1-7-9-11-13-15-17-19-21-23-25-26-27-29-31-33-37-45-51-57-63-78(83)95-74(67-89-76(81)61-55-49-43-36-32-30-28-24-22-20-18-16-14-12-10-8-2)69-93-97(85,86)91-65-73(80)66-92-98(87,88)94-70-75(68-90-77(82)62-56-50-44-40-39-42-48-54-60-72(5)6)96-79(84)64-58-52-46-38-34-35-41-47-53-59-71(3)4/h71-75,80H,7-70H2,1-6H3,(H,85,86)(H,87,88)/t73-,74-,75-/m1/s1. The van der Waals surface area contributed by atoms with Crippen LogP contribution >= 0.6 is 15.6 Å². The first-order valence-corrected chi connectivity index (χ1v) is 44.0. The van der Waals surface area contributed by atoms with Gasteiger partial charge in [0.1, 0.15) is 19.3 Å². The van der Waals surface area contributed by atoms with Crippen molar-refractivity contribution in [3.63, 3.8) is 0 Å². The fourth-order valence-electron chi connectivity index (χ4n) is 12.2. The van der Waals surface area contributed by atoms with Crippen molar-refractivity contribution >= 4 is 39.5 Å². The average molecular weight is 1440 g/mol. The van der Waals surface area contributed by atoms with Crippen molar-refractivity contribution < 1.29 is 80.2 Å². The Kier molecular flexibility index (Phi) is 69.3. The van der Waals surface area contributed by atoms with Crippen molar-refractivity contribution in [1.29, 1.82) is 0 Å². The molecule has 0 aromatic rings. The lowest BCUT2D eigenvalue weighted by molar-refractivity contribution is -0.161. The Morgan fingerprint density at radius 3 is 0.694 bits per heavy atom. The fraction of sp³-hybridized carbons (Fsp3) is 0.949. The molecule has 0 spiro atoms. The van der Waals surface area contributed by atoms with Crippen molar-refractivity contribution in [2.45, 2.75) is 432 Å². The molecular weight excluding hydrogens is 1280 g/mol. The second kappa shape index (κ2) is 70.7. The Morgan fingerprint density at radius 1 is 0.276 bits per heavy atom. The van der Waals surface area contributed by atoms with Gasteiger partial charge >= 0.3 is 39.5 Å². The van der Waals surface area contributed by atoms with Gasteiger partial charge in [0.15, 0.2) is 12.2 Å². The number of phosphoric ester groups is 2. The van der Waals surface area contributed by atoms with Crippen LogP contribution in [0.2, 0.25) is 0 Å². The van der Waals surface area contributed by atoms with E-state index in [-0.39, 0.29) is 25.7 Å². The molecule has 0 heterocycles. The van der Waals surface area contributed by atoms with Gasteiger partial charge in [-0.3, -0.25) is 37.3 Å². The molecule has 0 aliphatic heterocycles. The van der Waals surface area contributed by atoms with Gasteiger partial charge in [0, 0.05) is 25.7 Å². The Morgan fingerprint density at radius 2 is 0.469 bits per heavy atom. The molecule has 98 heavy (non-hydrogen) atoms. The van der Waals surface area contributed by atoms with E-state index in [0.717, 1.165) is 102 Å². The van der Waals surface area contributed by atoms with Crippen LogP contribution in [0.1, 0.15) is 414 Å². The second-order valence-electron chi connectivity index (χ2n) is 29.4. The fourth-order valence-corrected chi connectivity index (χ4v) is 13.8. The van der Waals surface area contributed by atoms with E-state index in [1.165, 1.54) is 231 Å². The maximum Gasteiger partial charge on any atom is 0.472 e. The van der Waals surface area contributed by atoms with Gasteiger partial charge in [-0.25, -0.2) is 9.13 Å². The third-order valence-electron chi connectivity index (χ3n) is 18.5. The zero-order valence-corrected chi connectivity index (χ0v) is 65.9. The number of ether oxygens (including phenoxy) is 4. The molecule has 0 radical (unpaired) electrons. The summed E-state index contributed by atoms with van der Waals surface area (Å²) < 4.78 is 68.6. The Bertz CT molecular complexity index is 1890. The maximum atomic E-state index is 13.1. The van der Waals surface area contributed by atoms with Gasteiger partial charge in [0.2, 0.25) is 0 Å². The summed E-state index contributed by atoms with van der Waals surface area (Å²) in [6, 6.07) is 0. The number of unbranched alkanes of at least 4 members (excludes halogenated alkanes) is 48. The molecule has 17 nitrogen and oxygen atoms in total. The quantitative estimate of drug-likeness (QED) is 0.0222. The molecule has 0 aromatic heterocycles. The summed E-state index contributed by atoms with van der Waals surface area (Å²) in [6.45, 7) is 9.56. The minimum atomic E-state index is -4.96. The summed E-state index contributed by atoms with van der Waals surface area (Å²) in [5.41, 5.74) is 0. The molecule has 0 bridgehead atoms. The molecule has 582 valence electrons. The highest BCUT2D eigenvalue weighted by molar-refractivity contribution is 7.47. The monoisotopic (exact) mass is 1440 g/mol. The van der Waals surface area contributed by atoms with Crippen molar-refractivity contribution in [3.05, 3.63) is 0 Å². The van der Waals surface area contributed by atoms with Gasteiger partial charge in [-0.1, -0.05) is 363 Å². The van der Waals surface area contributed by atoms with Crippen molar-refractivity contribution in [3.8, 4) is 0 Å². The molecule has 0 aliphatic rings. The first kappa shape index (κ1) is 96.1. The first-order valence-electron chi connectivity index (χ1n) is 41.0. The van der Waals surface area contributed by atoms with Crippen LogP contribution in [0.3, 0.4) is 0 Å². The minimum absolute atomic E-state index is 0.105. The van der Waals surface area contributed by atoms with Crippen LogP contribution in [-0.4, -0.2) is 96.7 Å². The number of phosphoric acid groups is 2. The van der Waals surface area contributed by atoms with Gasteiger partial charge in [0.05, 0.1) is 26.4 Å².